The van der Waals surface area contributed by atoms with E-state index in [9.17, 15) is 8.42 Å². The fourth-order valence-electron chi connectivity index (χ4n) is 5.15. The molecule has 0 atom stereocenters. The zero-order chi connectivity index (χ0) is 22.9. The normalized spacial score (nSPS) is 14.0. The van der Waals surface area contributed by atoms with E-state index in [1.807, 2.05) is 36.4 Å². The van der Waals surface area contributed by atoms with E-state index in [0.717, 1.165) is 41.7 Å². The molecular weight excluding hydrogens is 440 g/mol. The van der Waals surface area contributed by atoms with Gasteiger partial charge < -0.3 is 4.74 Å². The zero-order valence-corrected chi connectivity index (χ0v) is 18.8. The molecule has 1 aliphatic carbocycles. The minimum atomic E-state index is -3.72. The van der Waals surface area contributed by atoms with Gasteiger partial charge in [0.05, 0.1) is 0 Å². The molecular formula is C30H18O3S. The molecule has 3 nitrogen and oxygen atoms in total. The van der Waals surface area contributed by atoms with Gasteiger partial charge in [0.15, 0.2) is 0 Å². The van der Waals surface area contributed by atoms with Crippen molar-refractivity contribution in [2.24, 2.45) is 0 Å². The molecule has 1 heterocycles. The standard InChI is InChI=1S/C30H18O3S/c31-34(32)29-16-8-7-15-27(29)33-28-17-25-23-13-5-3-11-21(23)19-9-1-2-10-20(19)22-12-4-6-14-24(22)26(25)18-30(28)34/h1-18H. The van der Waals surface area contributed by atoms with Crippen molar-refractivity contribution in [3.8, 4) is 11.5 Å². The Balaban J connectivity index is 1.87. The predicted molar refractivity (Wildman–Crippen MR) is 128 cm³/mol. The summed E-state index contributed by atoms with van der Waals surface area (Å²) in [7, 11) is -3.72. The van der Waals surface area contributed by atoms with Gasteiger partial charge >= 0.3 is 0 Å². The average molecular weight is 459 g/mol. The Morgan fingerprint density at radius 3 is 1.35 bits per heavy atom. The second kappa shape index (κ2) is 6.92. The molecule has 5 aromatic rings. The van der Waals surface area contributed by atoms with Gasteiger partial charge in [-0.2, -0.15) is 0 Å². The van der Waals surface area contributed by atoms with Crippen LogP contribution < -0.4 is 4.74 Å². The summed E-state index contributed by atoms with van der Waals surface area (Å²) in [6, 6.07) is 35.3. The maximum Gasteiger partial charge on any atom is 0.213 e. The molecule has 0 saturated carbocycles. The maximum atomic E-state index is 13.6. The monoisotopic (exact) mass is 458 g/mol. The third-order valence-corrected chi connectivity index (χ3v) is 8.49. The molecule has 0 radical (unpaired) electrons. The highest BCUT2D eigenvalue weighted by Gasteiger charge is 2.31. The number of hydrogen-bond acceptors (Lipinski definition) is 3. The third-order valence-electron chi connectivity index (χ3n) is 6.67. The van der Waals surface area contributed by atoms with Crippen molar-refractivity contribution >= 4 is 9.84 Å². The van der Waals surface area contributed by atoms with Crippen LogP contribution in [0.4, 0.5) is 0 Å². The molecule has 2 aliphatic rings. The number of fused-ring (bicyclic) bond motifs is 6. The Labute approximate surface area is 195 Å². The van der Waals surface area contributed by atoms with Crippen LogP contribution >= 0.6 is 0 Å². The lowest BCUT2D eigenvalue weighted by Gasteiger charge is -2.20. The van der Waals surface area contributed by atoms with Crippen molar-refractivity contribution < 1.29 is 13.2 Å². The smallest absolute Gasteiger partial charge is 0.213 e. The first kappa shape index (κ1) is 19.3. The van der Waals surface area contributed by atoms with Crippen molar-refractivity contribution in [3.05, 3.63) is 151 Å². The van der Waals surface area contributed by atoms with E-state index in [0.29, 0.717) is 11.5 Å². The first-order valence-electron chi connectivity index (χ1n) is 11.1. The van der Waals surface area contributed by atoms with Crippen LogP contribution in [0.2, 0.25) is 0 Å². The van der Waals surface area contributed by atoms with E-state index in [4.69, 9.17) is 4.74 Å². The summed E-state index contributed by atoms with van der Waals surface area (Å²) in [5, 5.41) is 8.31. The maximum absolute atomic E-state index is 13.6. The van der Waals surface area contributed by atoms with Crippen LogP contribution in [0.1, 0.15) is 0 Å². The molecule has 162 valence electrons. The molecule has 0 amide bonds. The van der Waals surface area contributed by atoms with Crippen LogP contribution in [0.15, 0.2) is 119 Å². The highest BCUT2D eigenvalue weighted by molar-refractivity contribution is 7.91. The SMILES string of the molecule is O=S1(=O)c2ccccc2Oc2cc3c(cc21)=c1ccccc1=c1ccccc1=c1ccccc1=3. The molecule has 0 bridgehead atoms. The van der Waals surface area contributed by atoms with Crippen molar-refractivity contribution in [1.29, 1.82) is 0 Å². The van der Waals surface area contributed by atoms with Crippen molar-refractivity contribution in [2.45, 2.75) is 9.79 Å². The van der Waals surface area contributed by atoms with Gasteiger partial charge in [0.1, 0.15) is 21.3 Å². The van der Waals surface area contributed by atoms with Crippen molar-refractivity contribution in [3.63, 3.8) is 0 Å². The lowest BCUT2D eigenvalue weighted by molar-refractivity contribution is 0.442. The number of para-hydroxylation sites is 1. The largest absolute Gasteiger partial charge is 0.455 e. The lowest BCUT2D eigenvalue weighted by Crippen LogP contribution is -2.11. The minimum absolute atomic E-state index is 0.200. The summed E-state index contributed by atoms with van der Waals surface area (Å²) >= 11 is 0. The Morgan fingerprint density at radius 1 is 0.412 bits per heavy atom. The first-order valence-corrected chi connectivity index (χ1v) is 12.6. The van der Waals surface area contributed by atoms with Gasteiger partial charge in [0.25, 0.3) is 0 Å². The third kappa shape index (κ3) is 2.60. The number of ether oxygens (including phenoxy) is 1. The second-order valence-electron chi connectivity index (χ2n) is 8.53. The summed E-state index contributed by atoms with van der Waals surface area (Å²) in [6.45, 7) is 0. The quantitative estimate of drug-likeness (QED) is 0.276. The van der Waals surface area contributed by atoms with Crippen LogP contribution in [0, 0.1) is 41.7 Å². The molecule has 0 fully saturated rings. The van der Waals surface area contributed by atoms with Gasteiger partial charge in [0.2, 0.25) is 9.84 Å². The topological polar surface area (TPSA) is 43.4 Å². The Hall–Kier alpha value is -4.15. The van der Waals surface area contributed by atoms with Crippen LogP contribution in [-0.4, -0.2) is 8.42 Å². The molecule has 0 aromatic heterocycles. The molecule has 7 rings (SSSR count). The van der Waals surface area contributed by atoms with Gasteiger partial charge in [-0.05, 0) is 66.0 Å². The molecule has 1 aliphatic heterocycles. The first-order chi connectivity index (χ1) is 16.6. The van der Waals surface area contributed by atoms with E-state index < -0.39 is 9.84 Å². The predicted octanol–water partition coefficient (Wildman–Crippen LogP) is 6.09. The number of rotatable bonds is 0. The number of sulfone groups is 1. The summed E-state index contributed by atoms with van der Waals surface area (Å²) in [5.41, 5.74) is 0. The molecule has 5 aromatic carbocycles. The van der Waals surface area contributed by atoms with Crippen LogP contribution in [0.5, 0.6) is 11.5 Å². The molecule has 4 heteroatoms. The summed E-state index contributed by atoms with van der Waals surface area (Å²) in [4.78, 5) is 0.401. The molecule has 34 heavy (non-hydrogen) atoms. The summed E-state index contributed by atoms with van der Waals surface area (Å²) < 4.78 is 33.4. The second-order valence-corrected chi connectivity index (χ2v) is 10.4. The van der Waals surface area contributed by atoms with Crippen molar-refractivity contribution in [1.82, 2.24) is 0 Å². The van der Waals surface area contributed by atoms with E-state index in [2.05, 4.69) is 42.5 Å². The Kier molecular flexibility index (Phi) is 3.94. The molecule has 0 saturated heterocycles. The molecule has 0 N–H and O–H groups in total. The Bertz CT molecular complexity index is 2170. The minimum Gasteiger partial charge on any atom is -0.455 e. The zero-order valence-electron chi connectivity index (χ0n) is 18.0. The van der Waals surface area contributed by atoms with E-state index in [-0.39, 0.29) is 9.79 Å². The summed E-state index contributed by atoms with van der Waals surface area (Å²) in [6.07, 6.45) is 0. The fraction of sp³-hybridized carbons (Fsp3) is 0. The number of hydrogen-bond donors (Lipinski definition) is 0. The van der Waals surface area contributed by atoms with Gasteiger partial charge in [-0.3, -0.25) is 0 Å². The highest BCUT2D eigenvalue weighted by Crippen LogP contribution is 2.42. The summed E-state index contributed by atoms with van der Waals surface area (Å²) in [5.74, 6) is 0.721. The van der Waals surface area contributed by atoms with Gasteiger partial charge in [-0.15, -0.1) is 0 Å². The number of benzene rings is 5. The highest BCUT2D eigenvalue weighted by atomic mass is 32.2. The van der Waals surface area contributed by atoms with E-state index in [1.165, 1.54) is 0 Å². The van der Waals surface area contributed by atoms with E-state index in [1.54, 1.807) is 30.3 Å². The Morgan fingerprint density at radius 2 is 0.824 bits per heavy atom. The van der Waals surface area contributed by atoms with E-state index >= 15 is 0 Å². The average Bonchev–Trinajstić information content (AvgIpc) is 2.87. The van der Waals surface area contributed by atoms with Crippen molar-refractivity contribution in [2.75, 3.05) is 0 Å². The van der Waals surface area contributed by atoms with Gasteiger partial charge in [-0.25, -0.2) is 8.42 Å². The van der Waals surface area contributed by atoms with Crippen LogP contribution in [0.3, 0.4) is 0 Å². The fourth-order valence-corrected chi connectivity index (χ4v) is 6.66. The van der Waals surface area contributed by atoms with Gasteiger partial charge in [0, 0.05) is 0 Å². The lowest BCUT2D eigenvalue weighted by atomic mass is 10.0. The van der Waals surface area contributed by atoms with Gasteiger partial charge in [-0.1, -0.05) is 84.9 Å². The molecule has 0 spiro atoms. The van der Waals surface area contributed by atoms with Crippen LogP contribution in [0.25, 0.3) is 0 Å². The molecule has 0 unspecified atom stereocenters. The van der Waals surface area contributed by atoms with Crippen LogP contribution in [-0.2, 0) is 9.84 Å².